The number of aryl methyl sites for hydroxylation is 1. The molecule has 0 fully saturated rings. The Kier molecular flexibility index (Phi) is 4.24. The Morgan fingerprint density at radius 2 is 2.06 bits per heavy atom. The molecule has 0 bridgehead atoms. The van der Waals surface area contributed by atoms with E-state index in [0.717, 1.165) is 33.1 Å². The number of halogens is 1. The Hall–Kier alpha value is -1.07. The Morgan fingerprint density at radius 3 is 2.67 bits per heavy atom. The maximum Gasteiger partial charge on any atom is 0.160 e. The number of nitrogens with zero attached hydrogens (tertiary/aromatic N) is 1. The van der Waals surface area contributed by atoms with Gasteiger partial charge in [0.1, 0.15) is 11.5 Å². The summed E-state index contributed by atoms with van der Waals surface area (Å²) in [5.41, 5.74) is 1.98. The largest absolute Gasteiger partial charge is 0.497 e. The van der Waals surface area contributed by atoms with E-state index < -0.39 is 0 Å². The minimum Gasteiger partial charge on any atom is -0.497 e. The van der Waals surface area contributed by atoms with E-state index in [0.29, 0.717) is 0 Å². The van der Waals surface area contributed by atoms with Crippen LogP contribution >= 0.6 is 27.3 Å². The molecule has 0 aliphatic rings. The van der Waals surface area contributed by atoms with Crippen molar-refractivity contribution < 1.29 is 9.47 Å². The molecule has 0 unspecified atom stereocenters. The van der Waals surface area contributed by atoms with Crippen molar-refractivity contribution >= 4 is 27.3 Å². The van der Waals surface area contributed by atoms with E-state index in [4.69, 9.17) is 9.47 Å². The van der Waals surface area contributed by atoms with Gasteiger partial charge in [0.05, 0.1) is 19.9 Å². The van der Waals surface area contributed by atoms with E-state index >= 15 is 0 Å². The molecule has 0 aliphatic heterocycles. The van der Waals surface area contributed by atoms with E-state index in [9.17, 15) is 0 Å². The third kappa shape index (κ3) is 2.52. The predicted octanol–water partition coefficient (Wildman–Crippen LogP) is 4.15. The zero-order chi connectivity index (χ0) is 13.1. The van der Waals surface area contributed by atoms with Crippen LogP contribution in [-0.2, 0) is 6.42 Å². The zero-order valence-electron chi connectivity index (χ0n) is 10.5. The quantitative estimate of drug-likeness (QED) is 0.845. The molecule has 5 heteroatoms. The van der Waals surface area contributed by atoms with Gasteiger partial charge in [-0.25, -0.2) is 4.98 Å². The smallest absolute Gasteiger partial charge is 0.160 e. The topological polar surface area (TPSA) is 31.4 Å². The van der Waals surface area contributed by atoms with Crippen LogP contribution in [0.15, 0.2) is 22.1 Å². The van der Waals surface area contributed by atoms with Crippen molar-refractivity contribution in [1.29, 1.82) is 0 Å². The highest BCUT2D eigenvalue weighted by atomic mass is 79.9. The number of rotatable bonds is 4. The Morgan fingerprint density at radius 1 is 1.28 bits per heavy atom. The summed E-state index contributed by atoms with van der Waals surface area (Å²) in [6.45, 7) is 2.12. The molecule has 96 valence electrons. The van der Waals surface area contributed by atoms with Crippen LogP contribution in [0.4, 0.5) is 0 Å². The molecule has 1 aromatic heterocycles. The lowest BCUT2D eigenvalue weighted by molar-refractivity contribution is 0.395. The van der Waals surface area contributed by atoms with Crippen LogP contribution in [0.25, 0.3) is 11.3 Å². The lowest BCUT2D eigenvalue weighted by atomic mass is 10.1. The molecule has 2 aromatic rings. The zero-order valence-corrected chi connectivity index (χ0v) is 12.9. The molecule has 0 aliphatic carbocycles. The molecule has 0 saturated heterocycles. The number of thiazole rings is 1. The standard InChI is InChI=1S/C13H14BrNO2S/c1-4-11-12(15-13(14)18-11)9-6-5-8(16-2)7-10(9)17-3/h5-7H,4H2,1-3H3. The number of hydrogen-bond donors (Lipinski definition) is 0. The van der Waals surface area contributed by atoms with Gasteiger partial charge in [-0.3, -0.25) is 0 Å². The van der Waals surface area contributed by atoms with Crippen molar-refractivity contribution in [2.75, 3.05) is 14.2 Å². The minimum atomic E-state index is 0.779. The fourth-order valence-electron chi connectivity index (χ4n) is 1.77. The van der Waals surface area contributed by atoms with E-state index in [1.54, 1.807) is 25.6 Å². The summed E-state index contributed by atoms with van der Waals surface area (Å²) in [4.78, 5) is 5.77. The maximum atomic E-state index is 5.42. The van der Waals surface area contributed by atoms with Gasteiger partial charge in [0.2, 0.25) is 0 Å². The first-order chi connectivity index (χ1) is 8.69. The van der Waals surface area contributed by atoms with Crippen LogP contribution in [-0.4, -0.2) is 19.2 Å². The van der Waals surface area contributed by atoms with Gasteiger partial charge in [-0.05, 0) is 34.5 Å². The summed E-state index contributed by atoms with van der Waals surface area (Å²) in [5.74, 6) is 1.56. The number of methoxy groups -OCH3 is 2. The monoisotopic (exact) mass is 327 g/mol. The Labute approximate surface area is 119 Å². The lowest BCUT2D eigenvalue weighted by Crippen LogP contribution is -1.92. The molecule has 0 spiro atoms. The number of hydrogen-bond acceptors (Lipinski definition) is 4. The molecule has 1 aromatic carbocycles. The van der Waals surface area contributed by atoms with Crippen LogP contribution in [0.1, 0.15) is 11.8 Å². The van der Waals surface area contributed by atoms with Gasteiger partial charge in [0.15, 0.2) is 3.92 Å². The van der Waals surface area contributed by atoms with Crippen LogP contribution in [0.2, 0.25) is 0 Å². The normalized spacial score (nSPS) is 10.4. The second-order valence-electron chi connectivity index (χ2n) is 3.66. The van der Waals surface area contributed by atoms with Crippen molar-refractivity contribution in [1.82, 2.24) is 4.98 Å². The van der Waals surface area contributed by atoms with E-state index in [-0.39, 0.29) is 0 Å². The van der Waals surface area contributed by atoms with Gasteiger partial charge in [-0.2, -0.15) is 0 Å². The number of ether oxygens (including phenoxy) is 2. The van der Waals surface area contributed by atoms with Crippen molar-refractivity contribution in [3.63, 3.8) is 0 Å². The van der Waals surface area contributed by atoms with Gasteiger partial charge in [-0.15, -0.1) is 11.3 Å². The minimum absolute atomic E-state index is 0.779. The molecule has 0 saturated carbocycles. The first-order valence-electron chi connectivity index (χ1n) is 5.57. The van der Waals surface area contributed by atoms with Crippen LogP contribution in [0.3, 0.4) is 0 Å². The van der Waals surface area contributed by atoms with Gasteiger partial charge < -0.3 is 9.47 Å². The summed E-state index contributed by atoms with van der Waals surface area (Å²) >= 11 is 5.09. The van der Waals surface area contributed by atoms with Crippen molar-refractivity contribution in [3.8, 4) is 22.8 Å². The summed E-state index contributed by atoms with van der Waals surface area (Å²) in [6.07, 6.45) is 0.952. The van der Waals surface area contributed by atoms with Gasteiger partial charge in [0, 0.05) is 16.5 Å². The highest BCUT2D eigenvalue weighted by Crippen LogP contribution is 2.38. The number of benzene rings is 1. The molecule has 18 heavy (non-hydrogen) atoms. The second kappa shape index (κ2) is 5.71. The van der Waals surface area contributed by atoms with E-state index in [1.807, 2.05) is 18.2 Å². The molecule has 3 nitrogen and oxygen atoms in total. The molecule has 0 amide bonds. The Bertz CT molecular complexity index is 554. The van der Waals surface area contributed by atoms with Crippen LogP contribution in [0.5, 0.6) is 11.5 Å². The predicted molar refractivity (Wildman–Crippen MR) is 77.7 cm³/mol. The first-order valence-corrected chi connectivity index (χ1v) is 7.18. The summed E-state index contributed by atoms with van der Waals surface area (Å²) in [6, 6.07) is 5.78. The summed E-state index contributed by atoms with van der Waals surface area (Å²) in [5, 5.41) is 0. The summed E-state index contributed by atoms with van der Waals surface area (Å²) in [7, 11) is 3.30. The summed E-state index contributed by atoms with van der Waals surface area (Å²) < 4.78 is 11.5. The van der Waals surface area contributed by atoms with Crippen LogP contribution in [0, 0.1) is 0 Å². The second-order valence-corrected chi connectivity index (χ2v) is 6.02. The number of aromatic nitrogens is 1. The Balaban J connectivity index is 2.55. The maximum absolute atomic E-state index is 5.42. The average molecular weight is 328 g/mol. The molecular formula is C13H14BrNO2S. The highest BCUT2D eigenvalue weighted by Gasteiger charge is 2.15. The lowest BCUT2D eigenvalue weighted by Gasteiger charge is -2.09. The van der Waals surface area contributed by atoms with Crippen LogP contribution < -0.4 is 9.47 Å². The third-order valence-electron chi connectivity index (χ3n) is 2.66. The third-order valence-corrected chi connectivity index (χ3v) is 4.31. The van der Waals surface area contributed by atoms with E-state index in [1.165, 1.54) is 4.88 Å². The molecule has 0 atom stereocenters. The highest BCUT2D eigenvalue weighted by molar-refractivity contribution is 9.11. The molecule has 0 N–H and O–H groups in total. The van der Waals surface area contributed by atoms with Gasteiger partial charge in [0.25, 0.3) is 0 Å². The fraction of sp³-hybridized carbons (Fsp3) is 0.308. The molecule has 1 heterocycles. The fourth-order valence-corrected chi connectivity index (χ4v) is 3.27. The van der Waals surface area contributed by atoms with Crippen molar-refractivity contribution in [2.45, 2.75) is 13.3 Å². The average Bonchev–Trinajstić information content (AvgIpc) is 2.78. The molecule has 2 rings (SSSR count). The van der Waals surface area contributed by atoms with E-state index in [2.05, 4.69) is 27.8 Å². The van der Waals surface area contributed by atoms with Gasteiger partial charge >= 0.3 is 0 Å². The molecular weight excluding hydrogens is 314 g/mol. The van der Waals surface area contributed by atoms with Crippen molar-refractivity contribution in [2.24, 2.45) is 0 Å². The first kappa shape index (κ1) is 13.4. The SMILES string of the molecule is CCc1sc(Br)nc1-c1ccc(OC)cc1OC. The van der Waals surface area contributed by atoms with Gasteiger partial charge in [-0.1, -0.05) is 6.92 Å². The van der Waals surface area contributed by atoms with Crippen molar-refractivity contribution in [3.05, 3.63) is 27.0 Å². The molecule has 0 radical (unpaired) electrons.